The normalized spacial score (nSPS) is 12.8. The number of hydrogen-bond acceptors (Lipinski definition) is 3. The number of hydrogen-bond donors (Lipinski definition) is 1. The molecule has 0 bridgehead atoms. The molecule has 0 fully saturated rings. The molecule has 0 radical (unpaired) electrons. The fourth-order valence-electron chi connectivity index (χ4n) is 2.94. The molecule has 2 aromatic rings. The minimum atomic E-state index is -0.291. The van der Waals surface area contributed by atoms with Crippen molar-refractivity contribution in [2.75, 3.05) is 0 Å². The maximum atomic E-state index is 11.0. The van der Waals surface area contributed by atoms with E-state index in [-0.39, 0.29) is 5.91 Å². The second kappa shape index (κ2) is 5.90. The van der Waals surface area contributed by atoms with Crippen LogP contribution in [-0.4, -0.2) is 10.8 Å². The molecule has 1 aliphatic rings. The third-order valence-electron chi connectivity index (χ3n) is 4.00. The number of nitrogens with two attached hydrogens (primary N) is 1. The molecule has 22 heavy (non-hydrogen) atoms. The first kappa shape index (κ1) is 14.2. The molecular weight excluding hydrogens is 274 g/mol. The summed E-state index contributed by atoms with van der Waals surface area (Å²) in [4.78, 5) is 12.8. The number of carbonyl (C=O) groups excluding carboxylic acids is 1. The number of fused-ring (bicyclic) bond motifs is 1. The van der Waals surface area contributed by atoms with E-state index in [1.807, 2.05) is 18.2 Å². The lowest BCUT2D eigenvalue weighted by molar-refractivity contribution is -0.117. The Morgan fingerprint density at radius 2 is 2.00 bits per heavy atom. The first-order valence-corrected chi connectivity index (χ1v) is 7.30. The van der Waals surface area contributed by atoms with Crippen molar-refractivity contribution in [3.8, 4) is 17.3 Å². The molecule has 0 saturated carbocycles. The quantitative estimate of drug-likeness (QED) is 0.880. The van der Waals surface area contributed by atoms with Gasteiger partial charge >= 0.3 is 0 Å². The average molecular weight is 291 g/mol. The van der Waals surface area contributed by atoms with Crippen LogP contribution in [0, 0.1) is 11.5 Å². The number of benzene rings is 2. The molecule has 2 N–H and O–H groups in total. The number of aryl methyl sites for hydroxylation is 1. The van der Waals surface area contributed by atoms with Crippen molar-refractivity contribution in [3.63, 3.8) is 0 Å². The Hall–Kier alpha value is -2.80. The summed E-state index contributed by atoms with van der Waals surface area (Å²) in [6.07, 6.45) is 3.19. The second-order valence-electron chi connectivity index (χ2n) is 5.57. The van der Waals surface area contributed by atoms with E-state index in [1.54, 1.807) is 4.90 Å². The van der Waals surface area contributed by atoms with Gasteiger partial charge in [0.25, 0.3) is 0 Å². The highest BCUT2D eigenvalue weighted by molar-refractivity contribution is 5.74. The topological polar surface area (TPSA) is 70.1 Å². The number of nitrogens with zero attached hydrogens (tertiary/aromatic N) is 2. The van der Waals surface area contributed by atoms with Crippen LogP contribution >= 0.6 is 0 Å². The molecule has 4 nitrogen and oxygen atoms in total. The van der Waals surface area contributed by atoms with Crippen molar-refractivity contribution < 1.29 is 4.79 Å². The summed E-state index contributed by atoms with van der Waals surface area (Å²) < 4.78 is 0. The maximum absolute atomic E-state index is 11.0. The summed E-state index contributed by atoms with van der Waals surface area (Å²) in [5.74, 6) is -0.291. The molecule has 0 unspecified atom stereocenters. The summed E-state index contributed by atoms with van der Waals surface area (Å²) in [6, 6.07) is 14.4. The first-order valence-electron chi connectivity index (χ1n) is 7.30. The van der Waals surface area contributed by atoms with E-state index in [0.717, 1.165) is 16.7 Å². The minimum absolute atomic E-state index is 0.291. The Morgan fingerprint density at radius 3 is 2.68 bits per heavy atom. The van der Waals surface area contributed by atoms with Crippen LogP contribution in [0.2, 0.25) is 0 Å². The van der Waals surface area contributed by atoms with E-state index in [9.17, 15) is 4.79 Å². The van der Waals surface area contributed by atoms with Gasteiger partial charge in [0, 0.05) is 6.42 Å². The zero-order chi connectivity index (χ0) is 15.5. The Labute approximate surface area is 129 Å². The van der Waals surface area contributed by atoms with Crippen molar-refractivity contribution in [3.05, 3.63) is 59.2 Å². The summed E-state index contributed by atoms with van der Waals surface area (Å²) in [5, 5.41) is 9.16. The summed E-state index contributed by atoms with van der Waals surface area (Å²) in [5.41, 5.74) is 11.0. The molecule has 0 atom stereocenters. The van der Waals surface area contributed by atoms with Crippen molar-refractivity contribution in [2.24, 2.45) is 5.73 Å². The van der Waals surface area contributed by atoms with E-state index < -0.39 is 0 Å². The highest BCUT2D eigenvalue weighted by Gasteiger charge is 2.22. The molecule has 3 rings (SSSR count). The van der Waals surface area contributed by atoms with E-state index in [1.165, 1.54) is 11.1 Å². The van der Waals surface area contributed by atoms with Gasteiger partial charge in [0.2, 0.25) is 5.91 Å². The van der Waals surface area contributed by atoms with Crippen LogP contribution in [0.3, 0.4) is 0 Å². The van der Waals surface area contributed by atoms with Crippen LogP contribution in [0.5, 0.6) is 0 Å². The van der Waals surface area contributed by atoms with Gasteiger partial charge in [0.1, 0.15) is 0 Å². The van der Waals surface area contributed by atoms with E-state index in [2.05, 4.69) is 30.5 Å². The second-order valence-corrected chi connectivity index (χ2v) is 5.57. The van der Waals surface area contributed by atoms with Crippen molar-refractivity contribution in [2.45, 2.75) is 25.9 Å². The number of rotatable bonds is 4. The predicted molar refractivity (Wildman–Crippen MR) is 84.3 cm³/mol. The monoisotopic (exact) mass is 291 g/mol. The molecule has 0 aromatic heterocycles. The van der Waals surface area contributed by atoms with Gasteiger partial charge in [-0.05, 0) is 34.2 Å². The Kier molecular flexibility index (Phi) is 3.80. The molecule has 4 heteroatoms. The first-order chi connectivity index (χ1) is 10.7. The van der Waals surface area contributed by atoms with Gasteiger partial charge in [-0.3, -0.25) is 4.79 Å². The molecule has 1 amide bonds. The maximum Gasteiger partial charge on any atom is 0.217 e. The van der Waals surface area contributed by atoms with Gasteiger partial charge in [-0.15, -0.1) is 0 Å². The Bertz CT molecular complexity index is 747. The fraction of sp³-hybridized carbons (Fsp3) is 0.222. The number of carbonyl (C=O) groups is 1. The van der Waals surface area contributed by atoms with Crippen molar-refractivity contribution >= 4 is 5.91 Å². The lowest BCUT2D eigenvalue weighted by Gasteiger charge is -2.11. The zero-order valence-electron chi connectivity index (χ0n) is 12.2. The lowest BCUT2D eigenvalue weighted by Crippen LogP contribution is -2.11. The highest BCUT2D eigenvalue weighted by Crippen LogP contribution is 2.34. The van der Waals surface area contributed by atoms with Crippen LogP contribution in [0.25, 0.3) is 11.1 Å². The average Bonchev–Trinajstić information content (AvgIpc) is 2.96. The Balaban J connectivity index is 2.04. The summed E-state index contributed by atoms with van der Waals surface area (Å²) >= 11 is 0. The molecule has 0 saturated heterocycles. The highest BCUT2D eigenvalue weighted by atomic mass is 16.1. The lowest BCUT2D eigenvalue weighted by atomic mass is 9.93. The van der Waals surface area contributed by atoms with Crippen molar-refractivity contribution in [1.82, 2.24) is 4.90 Å². The Morgan fingerprint density at radius 1 is 1.23 bits per heavy atom. The summed E-state index contributed by atoms with van der Waals surface area (Å²) in [7, 11) is 0. The van der Waals surface area contributed by atoms with Gasteiger partial charge in [0.15, 0.2) is 6.19 Å². The molecule has 0 aliphatic carbocycles. The van der Waals surface area contributed by atoms with Gasteiger partial charge in [-0.25, -0.2) is 0 Å². The third-order valence-corrected chi connectivity index (χ3v) is 4.00. The van der Waals surface area contributed by atoms with E-state index in [4.69, 9.17) is 11.0 Å². The van der Waals surface area contributed by atoms with Crippen LogP contribution in [0.1, 0.15) is 23.1 Å². The van der Waals surface area contributed by atoms with Crippen LogP contribution < -0.4 is 5.73 Å². The molecule has 0 spiro atoms. The van der Waals surface area contributed by atoms with Gasteiger partial charge in [0.05, 0.1) is 13.1 Å². The van der Waals surface area contributed by atoms with Gasteiger partial charge < -0.3 is 10.6 Å². The molecule has 2 aromatic carbocycles. The van der Waals surface area contributed by atoms with Gasteiger partial charge in [-0.1, -0.05) is 42.5 Å². The number of nitriles is 1. The minimum Gasteiger partial charge on any atom is -0.370 e. The van der Waals surface area contributed by atoms with E-state index in [0.29, 0.717) is 25.9 Å². The van der Waals surface area contributed by atoms with Crippen LogP contribution in [0.4, 0.5) is 0 Å². The van der Waals surface area contributed by atoms with Crippen LogP contribution in [0.15, 0.2) is 42.5 Å². The van der Waals surface area contributed by atoms with Crippen molar-refractivity contribution in [1.29, 1.82) is 5.26 Å². The largest absolute Gasteiger partial charge is 0.370 e. The van der Waals surface area contributed by atoms with Gasteiger partial charge in [-0.2, -0.15) is 5.26 Å². The van der Waals surface area contributed by atoms with E-state index >= 15 is 0 Å². The fourth-order valence-corrected chi connectivity index (χ4v) is 2.94. The zero-order valence-corrected chi connectivity index (χ0v) is 12.2. The molecule has 110 valence electrons. The standard InChI is InChI=1S/C18H17N3O/c19-12-21-10-15-8-13(6-7-18(20)22)9-16(17(15)11-21)14-4-2-1-3-5-14/h1-5,8-9H,6-7,10-11H2,(H2,20,22). The number of primary amides is 1. The van der Waals surface area contributed by atoms with Crippen LogP contribution in [-0.2, 0) is 24.3 Å². The molecule has 1 heterocycles. The molecular formula is C18H17N3O. The predicted octanol–water partition coefficient (Wildman–Crippen LogP) is 2.57. The SMILES string of the molecule is N#CN1Cc2cc(CCC(N)=O)cc(-c3ccccc3)c2C1. The smallest absolute Gasteiger partial charge is 0.217 e. The summed E-state index contributed by atoms with van der Waals surface area (Å²) in [6.45, 7) is 1.28. The molecule has 1 aliphatic heterocycles. The third kappa shape index (κ3) is 2.79. The number of amides is 1.